The molecule has 2 aliphatic rings. The van der Waals surface area contributed by atoms with Gasteiger partial charge in [-0.15, -0.1) is 0 Å². The third-order valence-corrected chi connectivity index (χ3v) is 3.92. The van der Waals surface area contributed by atoms with Gasteiger partial charge in [0.15, 0.2) is 0 Å². The number of rotatable bonds is 2. The second-order valence-electron chi connectivity index (χ2n) is 5.47. The topological polar surface area (TPSA) is 73.0 Å². The predicted molar refractivity (Wildman–Crippen MR) is 73.0 cm³/mol. The second kappa shape index (κ2) is 5.68. The van der Waals surface area contributed by atoms with Crippen molar-refractivity contribution < 1.29 is 14.4 Å². The molecular formula is C13H22N4O3. The molecular weight excluding hydrogens is 260 g/mol. The Morgan fingerprint density at radius 1 is 1.40 bits per heavy atom. The van der Waals surface area contributed by atoms with Crippen LogP contribution in [0.5, 0.6) is 0 Å². The van der Waals surface area contributed by atoms with E-state index in [-0.39, 0.29) is 18.1 Å². The normalized spacial score (nSPS) is 22.7. The molecule has 1 atom stereocenters. The van der Waals surface area contributed by atoms with Gasteiger partial charge >= 0.3 is 17.8 Å². The van der Waals surface area contributed by atoms with E-state index in [1.165, 1.54) is 0 Å². The van der Waals surface area contributed by atoms with Gasteiger partial charge in [-0.25, -0.2) is 4.79 Å². The molecule has 2 heterocycles. The van der Waals surface area contributed by atoms with Gasteiger partial charge < -0.3 is 20.0 Å². The van der Waals surface area contributed by atoms with E-state index in [4.69, 9.17) is 0 Å². The molecule has 0 radical (unpaired) electrons. The van der Waals surface area contributed by atoms with Crippen LogP contribution in [0.2, 0.25) is 0 Å². The van der Waals surface area contributed by atoms with Crippen LogP contribution >= 0.6 is 0 Å². The summed E-state index contributed by atoms with van der Waals surface area (Å²) in [6, 6.07) is 0.0495. The van der Waals surface area contributed by atoms with Gasteiger partial charge in [0.2, 0.25) is 0 Å². The number of amides is 4. The number of hydrogen-bond donors (Lipinski definition) is 1. The summed E-state index contributed by atoms with van der Waals surface area (Å²) in [5, 5.41) is 2.57. The standard InChI is InChI=1S/C13H22N4O3/c1-4-16(9(2)3)13(20)15-5-6-17-10(8-15)7-14-11(18)12(17)19/h9-10H,4-8H2,1-3H3,(H,14,18). The average Bonchev–Trinajstić information content (AvgIpc) is 2.43. The number of carbonyl (C=O) groups excluding carboxylic acids is 3. The fourth-order valence-electron chi connectivity index (χ4n) is 2.79. The van der Waals surface area contributed by atoms with Crippen LogP contribution in [0.3, 0.4) is 0 Å². The van der Waals surface area contributed by atoms with Crippen LogP contribution in [-0.4, -0.2) is 77.4 Å². The molecule has 0 spiro atoms. The van der Waals surface area contributed by atoms with E-state index in [0.29, 0.717) is 32.7 Å². The van der Waals surface area contributed by atoms with E-state index >= 15 is 0 Å². The van der Waals surface area contributed by atoms with Crippen molar-refractivity contribution in [1.82, 2.24) is 20.0 Å². The zero-order chi connectivity index (χ0) is 14.9. The minimum absolute atomic E-state index is 0.00602. The Hall–Kier alpha value is -1.79. The third-order valence-electron chi connectivity index (χ3n) is 3.92. The quantitative estimate of drug-likeness (QED) is 0.693. The highest BCUT2D eigenvalue weighted by molar-refractivity contribution is 6.35. The summed E-state index contributed by atoms with van der Waals surface area (Å²) in [6.07, 6.45) is 0. The molecule has 4 amide bonds. The lowest BCUT2D eigenvalue weighted by atomic mass is 10.1. The predicted octanol–water partition coefficient (Wildman–Crippen LogP) is -0.521. The average molecular weight is 282 g/mol. The molecule has 7 heteroatoms. The van der Waals surface area contributed by atoms with Crippen LogP contribution in [0.1, 0.15) is 20.8 Å². The number of hydrogen-bond acceptors (Lipinski definition) is 3. The summed E-state index contributed by atoms with van der Waals surface area (Å²) in [4.78, 5) is 40.7. The van der Waals surface area contributed by atoms with Gasteiger partial charge in [-0.05, 0) is 20.8 Å². The van der Waals surface area contributed by atoms with E-state index in [0.717, 1.165) is 0 Å². The van der Waals surface area contributed by atoms with Gasteiger partial charge in [0.25, 0.3) is 0 Å². The lowest BCUT2D eigenvalue weighted by molar-refractivity contribution is -0.152. The molecule has 0 aromatic heterocycles. The first kappa shape index (κ1) is 14.6. The van der Waals surface area contributed by atoms with E-state index in [1.807, 2.05) is 20.8 Å². The van der Waals surface area contributed by atoms with E-state index < -0.39 is 11.8 Å². The Kier molecular flexibility index (Phi) is 4.15. The number of piperazine rings is 2. The van der Waals surface area contributed by atoms with Crippen molar-refractivity contribution in [2.24, 2.45) is 0 Å². The maximum absolute atomic E-state index is 12.5. The highest BCUT2D eigenvalue weighted by atomic mass is 16.2. The van der Waals surface area contributed by atoms with Crippen LogP contribution in [0, 0.1) is 0 Å². The van der Waals surface area contributed by atoms with Gasteiger partial charge in [-0.3, -0.25) is 9.59 Å². The molecule has 0 aliphatic carbocycles. The lowest BCUT2D eigenvalue weighted by Gasteiger charge is -2.44. The molecule has 20 heavy (non-hydrogen) atoms. The first-order valence-corrected chi connectivity index (χ1v) is 7.10. The maximum atomic E-state index is 12.5. The SMILES string of the molecule is CCN(C(=O)N1CCN2C(=O)C(=O)NCC2C1)C(C)C. The van der Waals surface area contributed by atoms with Gasteiger partial charge in [0.05, 0.1) is 6.04 Å². The fraction of sp³-hybridized carbons (Fsp3) is 0.769. The lowest BCUT2D eigenvalue weighted by Crippen LogP contribution is -2.67. The zero-order valence-electron chi connectivity index (χ0n) is 12.3. The molecule has 2 aliphatic heterocycles. The number of carbonyl (C=O) groups is 3. The Morgan fingerprint density at radius 3 is 2.70 bits per heavy atom. The van der Waals surface area contributed by atoms with Crippen molar-refractivity contribution >= 4 is 17.8 Å². The van der Waals surface area contributed by atoms with Crippen molar-refractivity contribution in [2.75, 3.05) is 32.7 Å². The van der Waals surface area contributed by atoms with Crippen molar-refractivity contribution in [1.29, 1.82) is 0 Å². The Bertz CT molecular complexity index is 424. The second-order valence-corrected chi connectivity index (χ2v) is 5.47. The van der Waals surface area contributed by atoms with Gasteiger partial charge in [0, 0.05) is 38.8 Å². The molecule has 2 fully saturated rings. The van der Waals surface area contributed by atoms with Crippen molar-refractivity contribution in [2.45, 2.75) is 32.9 Å². The van der Waals surface area contributed by atoms with Crippen LogP contribution in [0.25, 0.3) is 0 Å². The minimum Gasteiger partial charge on any atom is -0.346 e. The minimum atomic E-state index is -0.543. The van der Waals surface area contributed by atoms with Crippen LogP contribution in [0.15, 0.2) is 0 Å². The van der Waals surface area contributed by atoms with Gasteiger partial charge in [0.1, 0.15) is 0 Å². The largest absolute Gasteiger partial charge is 0.346 e. The molecule has 0 bridgehead atoms. The summed E-state index contributed by atoms with van der Waals surface area (Å²) in [5.74, 6) is -1.03. The molecule has 112 valence electrons. The van der Waals surface area contributed by atoms with E-state index in [9.17, 15) is 14.4 Å². The Morgan fingerprint density at radius 2 is 2.10 bits per heavy atom. The number of urea groups is 1. The smallest absolute Gasteiger partial charge is 0.320 e. The van der Waals surface area contributed by atoms with Crippen LogP contribution < -0.4 is 5.32 Å². The van der Waals surface area contributed by atoms with Gasteiger partial charge in [-0.2, -0.15) is 0 Å². The number of nitrogens with zero attached hydrogens (tertiary/aromatic N) is 3. The van der Waals surface area contributed by atoms with Crippen molar-refractivity contribution in [3.63, 3.8) is 0 Å². The highest BCUT2D eigenvalue weighted by Crippen LogP contribution is 2.15. The summed E-state index contributed by atoms with van der Waals surface area (Å²) in [7, 11) is 0. The Balaban J connectivity index is 2.03. The van der Waals surface area contributed by atoms with Crippen LogP contribution in [-0.2, 0) is 9.59 Å². The molecule has 1 unspecified atom stereocenters. The number of nitrogens with one attached hydrogen (secondary N) is 1. The van der Waals surface area contributed by atoms with E-state index in [2.05, 4.69) is 5.32 Å². The first-order valence-electron chi connectivity index (χ1n) is 7.10. The third kappa shape index (κ3) is 2.57. The zero-order valence-corrected chi connectivity index (χ0v) is 12.3. The van der Waals surface area contributed by atoms with E-state index in [1.54, 1.807) is 14.7 Å². The molecule has 0 aromatic rings. The van der Waals surface area contributed by atoms with Gasteiger partial charge in [-0.1, -0.05) is 0 Å². The molecule has 2 rings (SSSR count). The molecule has 1 N–H and O–H groups in total. The molecule has 2 saturated heterocycles. The molecule has 7 nitrogen and oxygen atoms in total. The molecule has 0 aromatic carbocycles. The summed E-state index contributed by atoms with van der Waals surface area (Å²) in [6.45, 7) is 8.41. The summed E-state index contributed by atoms with van der Waals surface area (Å²) >= 11 is 0. The highest BCUT2D eigenvalue weighted by Gasteiger charge is 2.39. The van der Waals surface area contributed by atoms with Crippen molar-refractivity contribution in [3.05, 3.63) is 0 Å². The monoisotopic (exact) mass is 282 g/mol. The summed E-state index contributed by atoms with van der Waals surface area (Å²) in [5.41, 5.74) is 0. The maximum Gasteiger partial charge on any atom is 0.320 e. The summed E-state index contributed by atoms with van der Waals surface area (Å²) < 4.78 is 0. The first-order chi connectivity index (χ1) is 9.45. The molecule has 0 saturated carbocycles. The Labute approximate surface area is 118 Å². The fourth-order valence-corrected chi connectivity index (χ4v) is 2.79. The number of fused-ring (bicyclic) bond motifs is 1. The van der Waals surface area contributed by atoms with Crippen molar-refractivity contribution in [3.8, 4) is 0 Å². The van der Waals surface area contributed by atoms with Crippen LogP contribution in [0.4, 0.5) is 4.79 Å².